The van der Waals surface area contributed by atoms with Gasteiger partial charge in [-0.25, -0.2) is 0 Å². The molecule has 0 atom stereocenters. The van der Waals surface area contributed by atoms with Crippen molar-refractivity contribution in [3.8, 4) is 0 Å². The van der Waals surface area contributed by atoms with E-state index in [0.717, 1.165) is 17.3 Å². The Bertz CT molecular complexity index is 528. The van der Waals surface area contributed by atoms with Gasteiger partial charge in [0.05, 0.1) is 11.1 Å². The number of fused-ring (bicyclic) bond motifs is 1. The molecule has 0 bridgehead atoms. The summed E-state index contributed by atoms with van der Waals surface area (Å²) >= 11 is 6.02. The standard InChI is InChI=1S/C12H12ClNO/c1-3-8-5-4-6-9-10(7(2)15)12(13)14-11(8)9/h4-6,14H,3H2,1-2H3. The van der Waals surface area contributed by atoms with Crippen LogP contribution in [0.4, 0.5) is 0 Å². The van der Waals surface area contributed by atoms with E-state index in [1.54, 1.807) is 0 Å². The predicted octanol–water partition coefficient (Wildman–Crippen LogP) is 3.59. The molecule has 1 aromatic heterocycles. The minimum Gasteiger partial charge on any atom is -0.345 e. The Labute approximate surface area is 93.2 Å². The Kier molecular flexibility index (Phi) is 2.53. The van der Waals surface area contributed by atoms with Crippen molar-refractivity contribution in [1.82, 2.24) is 4.98 Å². The number of ketones is 1. The van der Waals surface area contributed by atoms with Gasteiger partial charge in [-0.05, 0) is 18.9 Å². The molecule has 2 aromatic rings. The van der Waals surface area contributed by atoms with E-state index < -0.39 is 0 Å². The minimum absolute atomic E-state index is 0.000460. The zero-order chi connectivity index (χ0) is 11.0. The van der Waals surface area contributed by atoms with Gasteiger partial charge in [-0.2, -0.15) is 0 Å². The second-order valence-electron chi connectivity index (χ2n) is 3.56. The molecule has 0 spiro atoms. The molecule has 1 aromatic carbocycles. The molecule has 0 aliphatic heterocycles. The molecule has 0 radical (unpaired) electrons. The minimum atomic E-state index is -0.000460. The topological polar surface area (TPSA) is 32.9 Å². The molecule has 0 aliphatic carbocycles. The zero-order valence-corrected chi connectivity index (χ0v) is 9.48. The summed E-state index contributed by atoms with van der Waals surface area (Å²) in [5.74, 6) is -0.000460. The molecule has 0 unspecified atom stereocenters. The normalized spacial score (nSPS) is 10.9. The number of nitrogens with one attached hydrogen (secondary N) is 1. The number of aromatic amines is 1. The number of aromatic nitrogens is 1. The highest BCUT2D eigenvalue weighted by atomic mass is 35.5. The van der Waals surface area contributed by atoms with E-state index >= 15 is 0 Å². The SMILES string of the molecule is CCc1cccc2c(C(C)=O)c(Cl)[nH]c12. The van der Waals surface area contributed by atoms with Crippen LogP contribution < -0.4 is 0 Å². The van der Waals surface area contributed by atoms with Gasteiger partial charge in [0.2, 0.25) is 0 Å². The zero-order valence-electron chi connectivity index (χ0n) is 8.73. The van der Waals surface area contributed by atoms with E-state index in [4.69, 9.17) is 11.6 Å². The van der Waals surface area contributed by atoms with Crippen LogP contribution in [0.25, 0.3) is 10.9 Å². The van der Waals surface area contributed by atoms with Crippen LogP contribution in [0.5, 0.6) is 0 Å². The fourth-order valence-electron chi connectivity index (χ4n) is 1.89. The highest BCUT2D eigenvalue weighted by molar-refractivity contribution is 6.35. The van der Waals surface area contributed by atoms with Crippen molar-refractivity contribution in [2.75, 3.05) is 0 Å². The van der Waals surface area contributed by atoms with E-state index in [1.807, 2.05) is 18.2 Å². The van der Waals surface area contributed by atoms with Gasteiger partial charge in [0, 0.05) is 5.39 Å². The summed E-state index contributed by atoms with van der Waals surface area (Å²) in [6.45, 7) is 3.62. The average Bonchev–Trinajstić information content (AvgIpc) is 2.53. The maximum Gasteiger partial charge on any atom is 0.163 e. The Morgan fingerprint density at radius 3 is 2.80 bits per heavy atom. The first-order valence-corrected chi connectivity index (χ1v) is 5.33. The molecule has 3 heteroatoms. The second-order valence-corrected chi connectivity index (χ2v) is 3.94. The molecule has 0 aliphatic rings. The molecule has 1 N–H and O–H groups in total. The van der Waals surface area contributed by atoms with Gasteiger partial charge in [0.15, 0.2) is 5.78 Å². The van der Waals surface area contributed by atoms with Crippen LogP contribution in [-0.4, -0.2) is 10.8 Å². The summed E-state index contributed by atoms with van der Waals surface area (Å²) in [7, 11) is 0. The van der Waals surface area contributed by atoms with Crippen molar-refractivity contribution >= 4 is 28.3 Å². The monoisotopic (exact) mass is 221 g/mol. The molecule has 1 heterocycles. The Hall–Kier alpha value is -1.28. The predicted molar refractivity (Wildman–Crippen MR) is 62.7 cm³/mol. The van der Waals surface area contributed by atoms with E-state index in [-0.39, 0.29) is 5.78 Å². The van der Waals surface area contributed by atoms with Gasteiger partial charge >= 0.3 is 0 Å². The molecule has 0 saturated carbocycles. The molecule has 0 fully saturated rings. The number of hydrogen-bond donors (Lipinski definition) is 1. The third-order valence-corrected chi connectivity index (χ3v) is 2.89. The lowest BCUT2D eigenvalue weighted by Crippen LogP contribution is -1.90. The first-order valence-electron chi connectivity index (χ1n) is 4.95. The summed E-state index contributed by atoms with van der Waals surface area (Å²) in [6.07, 6.45) is 0.922. The van der Waals surface area contributed by atoms with Gasteiger partial charge in [-0.1, -0.05) is 36.7 Å². The third kappa shape index (κ3) is 1.55. The highest BCUT2D eigenvalue weighted by Gasteiger charge is 2.14. The third-order valence-electron chi connectivity index (χ3n) is 2.61. The number of rotatable bonds is 2. The van der Waals surface area contributed by atoms with Crippen LogP contribution in [0.2, 0.25) is 5.15 Å². The number of benzene rings is 1. The first-order chi connectivity index (χ1) is 7.15. The molecule has 0 saturated heterocycles. The average molecular weight is 222 g/mol. The van der Waals surface area contributed by atoms with Crippen LogP contribution in [0, 0.1) is 0 Å². The Morgan fingerprint density at radius 1 is 1.47 bits per heavy atom. The van der Waals surface area contributed by atoms with Gasteiger partial charge in [0.25, 0.3) is 0 Å². The fraction of sp³-hybridized carbons (Fsp3) is 0.250. The summed E-state index contributed by atoms with van der Waals surface area (Å²) < 4.78 is 0. The van der Waals surface area contributed by atoms with Gasteiger partial charge in [0.1, 0.15) is 5.15 Å². The number of Topliss-reactive ketones (excluding diaryl/α,β-unsaturated/α-hetero) is 1. The maximum atomic E-state index is 11.4. The molecular formula is C12H12ClNO. The summed E-state index contributed by atoms with van der Waals surface area (Å²) in [4.78, 5) is 14.5. The van der Waals surface area contributed by atoms with Crippen molar-refractivity contribution < 1.29 is 4.79 Å². The van der Waals surface area contributed by atoms with Gasteiger partial charge < -0.3 is 4.98 Å². The number of carbonyl (C=O) groups is 1. The summed E-state index contributed by atoms with van der Waals surface area (Å²) in [5, 5.41) is 1.37. The largest absolute Gasteiger partial charge is 0.345 e. The molecular weight excluding hydrogens is 210 g/mol. The quantitative estimate of drug-likeness (QED) is 0.773. The lowest BCUT2D eigenvalue weighted by Gasteiger charge is -1.98. The number of hydrogen-bond acceptors (Lipinski definition) is 1. The van der Waals surface area contributed by atoms with Gasteiger partial charge in [-0.3, -0.25) is 4.79 Å². The highest BCUT2D eigenvalue weighted by Crippen LogP contribution is 2.28. The molecule has 78 valence electrons. The maximum absolute atomic E-state index is 11.4. The van der Waals surface area contributed by atoms with E-state index in [9.17, 15) is 4.79 Å². The van der Waals surface area contributed by atoms with Crippen LogP contribution in [0.15, 0.2) is 18.2 Å². The van der Waals surface area contributed by atoms with E-state index in [1.165, 1.54) is 12.5 Å². The molecule has 2 nitrogen and oxygen atoms in total. The van der Waals surface area contributed by atoms with Crippen LogP contribution in [0.3, 0.4) is 0 Å². The first kappa shape index (κ1) is 10.2. The summed E-state index contributed by atoms with van der Waals surface area (Å²) in [6, 6.07) is 5.92. The van der Waals surface area contributed by atoms with Crippen LogP contribution in [0.1, 0.15) is 29.8 Å². The van der Waals surface area contributed by atoms with Crippen molar-refractivity contribution in [3.05, 3.63) is 34.5 Å². The number of carbonyl (C=O) groups excluding carboxylic acids is 1. The van der Waals surface area contributed by atoms with Crippen LogP contribution in [-0.2, 0) is 6.42 Å². The summed E-state index contributed by atoms with van der Waals surface area (Å²) in [5.41, 5.74) is 2.76. The van der Waals surface area contributed by atoms with Crippen molar-refractivity contribution in [1.29, 1.82) is 0 Å². The van der Waals surface area contributed by atoms with Crippen molar-refractivity contribution in [3.63, 3.8) is 0 Å². The van der Waals surface area contributed by atoms with Crippen LogP contribution >= 0.6 is 11.6 Å². The number of aryl methyl sites for hydroxylation is 1. The Morgan fingerprint density at radius 2 is 2.20 bits per heavy atom. The Balaban J connectivity index is 2.84. The van der Waals surface area contributed by atoms with E-state index in [0.29, 0.717) is 10.7 Å². The number of halogens is 1. The molecule has 15 heavy (non-hydrogen) atoms. The molecule has 2 rings (SSSR count). The van der Waals surface area contributed by atoms with Gasteiger partial charge in [-0.15, -0.1) is 0 Å². The lowest BCUT2D eigenvalue weighted by molar-refractivity contribution is 0.101. The second kappa shape index (κ2) is 3.70. The fourth-order valence-corrected chi connectivity index (χ4v) is 2.21. The van der Waals surface area contributed by atoms with E-state index in [2.05, 4.69) is 11.9 Å². The number of H-pyrrole nitrogens is 1. The molecule has 0 amide bonds. The smallest absolute Gasteiger partial charge is 0.163 e. The number of para-hydroxylation sites is 1. The lowest BCUT2D eigenvalue weighted by atomic mass is 10.1. The van der Waals surface area contributed by atoms with Crippen molar-refractivity contribution in [2.45, 2.75) is 20.3 Å². The van der Waals surface area contributed by atoms with Crippen molar-refractivity contribution in [2.24, 2.45) is 0 Å².